The number of alkyl carbamates (subject to hydrolysis) is 1. The molecule has 0 bridgehead atoms. The summed E-state index contributed by atoms with van der Waals surface area (Å²) >= 11 is 0. The summed E-state index contributed by atoms with van der Waals surface area (Å²) in [5.74, 6) is -2.38. The van der Waals surface area contributed by atoms with E-state index in [0.717, 1.165) is 30.7 Å². The van der Waals surface area contributed by atoms with E-state index in [1.807, 2.05) is 54.6 Å². The van der Waals surface area contributed by atoms with Gasteiger partial charge in [0, 0.05) is 21.0 Å². The van der Waals surface area contributed by atoms with Crippen LogP contribution in [0.15, 0.2) is 91.0 Å². The van der Waals surface area contributed by atoms with Crippen LogP contribution in [0.5, 0.6) is 0 Å². The number of benzene rings is 3. The molecule has 2 aliphatic rings. The molecule has 3 aromatic rings. The second kappa shape index (κ2) is 20.8. The maximum absolute atomic E-state index is 13.4. The summed E-state index contributed by atoms with van der Waals surface area (Å²) in [5, 5.41) is 14.2. The van der Waals surface area contributed by atoms with Gasteiger partial charge in [-0.05, 0) is 16.7 Å². The molecule has 0 spiro atoms. The maximum atomic E-state index is 13.4. The fourth-order valence-electron chi connectivity index (χ4n) is 6.30. The van der Waals surface area contributed by atoms with E-state index < -0.39 is 92.0 Å². The molecule has 1 amide bonds. The minimum Gasteiger partial charge on any atom is -0.467 e. The van der Waals surface area contributed by atoms with E-state index in [9.17, 15) is 24.3 Å². The molecule has 2 N–H and O–H groups in total. The van der Waals surface area contributed by atoms with E-state index >= 15 is 0 Å². The van der Waals surface area contributed by atoms with Crippen LogP contribution in [0.25, 0.3) is 0 Å². The third kappa shape index (κ3) is 11.5. The van der Waals surface area contributed by atoms with Gasteiger partial charge >= 0.3 is 24.0 Å². The van der Waals surface area contributed by atoms with Crippen molar-refractivity contribution in [2.24, 2.45) is 0 Å². The molecule has 0 aliphatic carbocycles. The zero-order valence-electron chi connectivity index (χ0n) is 31.4. The van der Waals surface area contributed by atoms with Crippen molar-refractivity contribution in [3.8, 4) is 0 Å². The number of ether oxygens (including phenoxy) is 10. The topological polar surface area (TPSA) is 193 Å². The molecule has 0 saturated carbocycles. The summed E-state index contributed by atoms with van der Waals surface area (Å²) < 4.78 is 58.7. The third-order valence-electron chi connectivity index (χ3n) is 8.94. The van der Waals surface area contributed by atoms with Gasteiger partial charge in [-0.3, -0.25) is 9.59 Å². The summed E-state index contributed by atoms with van der Waals surface area (Å²) in [6.45, 7) is 1.85. The lowest BCUT2D eigenvalue weighted by Crippen LogP contribution is -2.69. The van der Waals surface area contributed by atoms with Crippen LogP contribution < -0.4 is 5.32 Å². The standard InChI is InChI=1S/C40H47NO15/c1-24(42)49-23-29-32(55-39-36(53-25(2)43)34(31(44)35(56-39)37(45)47-3)51-21-27-16-10-6-11-17-27)33(50-20-26-14-8-5-9-15-26)30(38(48-4)54-29)41-40(46)52-22-28-18-12-7-13-19-28/h5-19,29-36,38-39,44H,20-23H2,1-4H3,(H,41,46)/t29-,30-,31+,32-,33-,34+,35-,36-,38+,39+/m1/s1. The number of amides is 1. The Kier molecular flexibility index (Phi) is 15.7. The highest BCUT2D eigenvalue weighted by molar-refractivity contribution is 5.75. The zero-order chi connectivity index (χ0) is 40.0. The van der Waals surface area contributed by atoms with Crippen molar-refractivity contribution in [2.75, 3.05) is 20.8 Å². The monoisotopic (exact) mass is 781 g/mol. The van der Waals surface area contributed by atoms with Crippen LogP contribution in [0.4, 0.5) is 4.79 Å². The molecule has 3 aromatic carbocycles. The first-order valence-corrected chi connectivity index (χ1v) is 17.9. The molecule has 0 aromatic heterocycles. The molecule has 0 radical (unpaired) electrons. The first-order valence-electron chi connectivity index (χ1n) is 17.9. The van der Waals surface area contributed by atoms with E-state index in [0.29, 0.717) is 0 Å². The Labute approximate surface area is 324 Å². The number of aliphatic hydroxyl groups excluding tert-OH is 1. The van der Waals surface area contributed by atoms with E-state index in [2.05, 4.69) is 5.32 Å². The van der Waals surface area contributed by atoms with Crippen molar-refractivity contribution >= 4 is 24.0 Å². The average molecular weight is 782 g/mol. The van der Waals surface area contributed by atoms with Gasteiger partial charge in [-0.2, -0.15) is 0 Å². The average Bonchev–Trinajstić information content (AvgIpc) is 3.20. The molecule has 16 nitrogen and oxygen atoms in total. The van der Waals surface area contributed by atoms with Crippen LogP contribution in [0.1, 0.15) is 30.5 Å². The van der Waals surface area contributed by atoms with E-state index in [1.54, 1.807) is 36.4 Å². The maximum Gasteiger partial charge on any atom is 0.407 e. The fourth-order valence-corrected chi connectivity index (χ4v) is 6.30. The van der Waals surface area contributed by atoms with Crippen LogP contribution in [-0.4, -0.2) is 111 Å². The zero-order valence-corrected chi connectivity index (χ0v) is 31.4. The molecule has 5 rings (SSSR count). The quantitative estimate of drug-likeness (QED) is 0.159. The summed E-state index contributed by atoms with van der Waals surface area (Å²) in [6.07, 6.45) is -13.6. The Morgan fingerprint density at radius 3 is 1.73 bits per heavy atom. The van der Waals surface area contributed by atoms with Crippen molar-refractivity contribution in [1.82, 2.24) is 5.32 Å². The summed E-state index contributed by atoms with van der Waals surface area (Å²) in [6, 6.07) is 26.0. The number of hydrogen-bond donors (Lipinski definition) is 2. The second-order valence-electron chi connectivity index (χ2n) is 12.9. The minimum atomic E-state index is -1.69. The summed E-state index contributed by atoms with van der Waals surface area (Å²) in [4.78, 5) is 51.1. The highest BCUT2D eigenvalue weighted by Gasteiger charge is 2.56. The lowest BCUT2D eigenvalue weighted by atomic mass is 9.94. The molecule has 2 heterocycles. The molecular formula is C40H47NO15. The van der Waals surface area contributed by atoms with E-state index in [4.69, 9.17) is 47.4 Å². The van der Waals surface area contributed by atoms with Gasteiger partial charge < -0.3 is 57.8 Å². The minimum absolute atomic E-state index is 0.00939. The first-order chi connectivity index (χ1) is 27.1. The lowest BCUT2D eigenvalue weighted by molar-refractivity contribution is -0.350. The molecule has 302 valence electrons. The van der Waals surface area contributed by atoms with Crippen molar-refractivity contribution in [3.05, 3.63) is 108 Å². The number of rotatable bonds is 16. The molecule has 2 fully saturated rings. The molecule has 10 atom stereocenters. The molecule has 0 unspecified atom stereocenters. The number of aliphatic hydroxyl groups is 1. The van der Waals surface area contributed by atoms with Gasteiger partial charge in [-0.15, -0.1) is 0 Å². The number of carbonyl (C=O) groups excluding carboxylic acids is 4. The molecule has 16 heteroatoms. The summed E-state index contributed by atoms with van der Waals surface area (Å²) in [7, 11) is 2.47. The van der Waals surface area contributed by atoms with Crippen molar-refractivity contribution in [3.63, 3.8) is 0 Å². The number of nitrogens with one attached hydrogen (secondary N) is 1. The van der Waals surface area contributed by atoms with Gasteiger partial charge in [-0.25, -0.2) is 9.59 Å². The Morgan fingerprint density at radius 2 is 1.21 bits per heavy atom. The molecule has 2 aliphatic heterocycles. The number of carbonyl (C=O) groups is 4. The smallest absolute Gasteiger partial charge is 0.407 e. The van der Waals surface area contributed by atoms with Gasteiger partial charge in [0.2, 0.25) is 0 Å². The van der Waals surface area contributed by atoms with Gasteiger partial charge in [0.1, 0.15) is 49.8 Å². The first kappa shape index (κ1) is 42.2. The van der Waals surface area contributed by atoms with Gasteiger partial charge in [-0.1, -0.05) is 91.0 Å². The second-order valence-corrected chi connectivity index (χ2v) is 12.9. The van der Waals surface area contributed by atoms with Gasteiger partial charge in [0.25, 0.3) is 0 Å². The van der Waals surface area contributed by atoms with Crippen LogP contribution in [0.3, 0.4) is 0 Å². The molecular weight excluding hydrogens is 734 g/mol. The highest BCUT2D eigenvalue weighted by Crippen LogP contribution is 2.34. The highest BCUT2D eigenvalue weighted by atomic mass is 16.8. The van der Waals surface area contributed by atoms with Crippen LogP contribution in [-0.2, 0) is 81.6 Å². The van der Waals surface area contributed by atoms with Crippen LogP contribution in [0, 0.1) is 0 Å². The lowest BCUT2D eigenvalue weighted by Gasteiger charge is -2.48. The summed E-state index contributed by atoms with van der Waals surface area (Å²) in [5.41, 5.74) is 2.21. The Balaban J connectivity index is 1.52. The van der Waals surface area contributed by atoms with E-state index in [-0.39, 0.29) is 19.8 Å². The number of hydrogen-bond acceptors (Lipinski definition) is 15. The Hall–Kier alpha value is -4.94. The Morgan fingerprint density at radius 1 is 0.661 bits per heavy atom. The molecule has 56 heavy (non-hydrogen) atoms. The van der Waals surface area contributed by atoms with E-state index in [1.165, 1.54) is 14.0 Å². The third-order valence-corrected chi connectivity index (χ3v) is 8.94. The van der Waals surface area contributed by atoms with Gasteiger partial charge in [0.15, 0.2) is 24.8 Å². The number of esters is 3. The predicted molar refractivity (Wildman–Crippen MR) is 193 cm³/mol. The van der Waals surface area contributed by atoms with Crippen molar-refractivity contribution in [2.45, 2.75) is 95.0 Å². The predicted octanol–water partition coefficient (Wildman–Crippen LogP) is 2.96. The van der Waals surface area contributed by atoms with Crippen molar-refractivity contribution < 1.29 is 71.7 Å². The SMILES string of the molecule is COC(=O)[C@@H]1O[C@H](O[C@H]2[C@H](OCc3ccccc3)[C@@H](NC(=O)OCc3ccccc3)[C@@H](OC)O[C@@H]2COC(C)=O)[C@H](OC(C)=O)[C@@H](OCc2ccccc2)[C@@H]1O. The fraction of sp³-hybridized carbons (Fsp3) is 0.450. The van der Waals surface area contributed by atoms with Crippen molar-refractivity contribution in [1.29, 1.82) is 0 Å². The van der Waals surface area contributed by atoms with Gasteiger partial charge in [0.05, 0.1) is 20.3 Å². The largest absolute Gasteiger partial charge is 0.467 e. The Bertz CT molecular complexity index is 1700. The van der Waals surface area contributed by atoms with Crippen LogP contribution in [0.2, 0.25) is 0 Å². The number of methoxy groups -OCH3 is 2. The normalized spacial score (nSPS) is 27.4. The molecule has 2 saturated heterocycles. The van der Waals surface area contributed by atoms with Crippen LogP contribution >= 0.6 is 0 Å².